The number of furan rings is 1. The lowest BCUT2D eigenvalue weighted by Gasteiger charge is -2.18. The van der Waals surface area contributed by atoms with Crippen molar-refractivity contribution in [3.05, 3.63) is 16.9 Å². The fraction of sp³-hybridized carbons (Fsp3) is 0.556. The van der Waals surface area contributed by atoms with Gasteiger partial charge in [-0.15, -0.1) is 0 Å². The monoisotopic (exact) mass is 378 g/mol. The highest BCUT2D eigenvalue weighted by Gasteiger charge is 2.35. The predicted molar refractivity (Wildman–Crippen MR) is 98.5 cm³/mol. The predicted octanol–water partition coefficient (Wildman–Crippen LogP) is 0.628. The number of nitrogens with two attached hydrogens (primary N) is 1. The second-order valence-electron chi connectivity index (χ2n) is 7.04. The van der Waals surface area contributed by atoms with Gasteiger partial charge in [0.25, 0.3) is 5.91 Å². The second kappa shape index (κ2) is 8.34. The van der Waals surface area contributed by atoms with E-state index in [2.05, 4.69) is 5.32 Å². The Hall–Kier alpha value is -2.68. The first kappa shape index (κ1) is 20.6. The molecule has 0 radical (unpaired) electrons. The molecule has 1 fully saturated rings. The van der Waals surface area contributed by atoms with Crippen molar-refractivity contribution in [3.63, 3.8) is 0 Å². The number of nitrogens with zero attached hydrogens (tertiary/aromatic N) is 2. The maximum absolute atomic E-state index is 12.6. The minimum absolute atomic E-state index is 0.0608. The fourth-order valence-corrected chi connectivity index (χ4v) is 3.25. The average Bonchev–Trinajstić information content (AvgIpc) is 3.07. The van der Waals surface area contributed by atoms with Crippen molar-refractivity contribution in [2.45, 2.75) is 26.7 Å². The number of anilines is 1. The third-order valence-corrected chi connectivity index (χ3v) is 4.54. The summed E-state index contributed by atoms with van der Waals surface area (Å²) in [5.74, 6) is -2.25. The number of carbonyl (C=O) groups excluding carboxylic acids is 4. The number of Topliss-reactive ketones (excluding diaryl/α,β-unsaturated/α-hetero) is 1. The minimum atomic E-state index is -0.861. The molecule has 0 saturated carbocycles. The van der Waals surface area contributed by atoms with Crippen LogP contribution < -0.4 is 11.1 Å². The van der Waals surface area contributed by atoms with E-state index >= 15 is 0 Å². The molecule has 1 aromatic rings. The van der Waals surface area contributed by atoms with Crippen LogP contribution in [-0.4, -0.2) is 67.0 Å². The van der Waals surface area contributed by atoms with E-state index in [1.165, 1.54) is 13.8 Å². The van der Waals surface area contributed by atoms with Gasteiger partial charge in [0.05, 0.1) is 11.5 Å². The Morgan fingerprint density at radius 2 is 1.96 bits per heavy atom. The van der Waals surface area contributed by atoms with Gasteiger partial charge in [0.2, 0.25) is 17.7 Å². The van der Waals surface area contributed by atoms with Gasteiger partial charge >= 0.3 is 0 Å². The van der Waals surface area contributed by atoms with Crippen LogP contribution >= 0.6 is 0 Å². The van der Waals surface area contributed by atoms with Crippen LogP contribution in [0.5, 0.6) is 0 Å². The van der Waals surface area contributed by atoms with Crippen LogP contribution in [0.4, 0.5) is 5.88 Å². The van der Waals surface area contributed by atoms with Crippen LogP contribution in [0.1, 0.15) is 46.2 Å². The van der Waals surface area contributed by atoms with Crippen molar-refractivity contribution < 1.29 is 23.6 Å². The van der Waals surface area contributed by atoms with Crippen LogP contribution in [0.15, 0.2) is 4.42 Å². The number of rotatable bonds is 8. The van der Waals surface area contributed by atoms with E-state index in [0.717, 1.165) is 13.0 Å². The summed E-state index contributed by atoms with van der Waals surface area (Å²) in [7, 11) is 3.91. The van der Waals surface area contributed by atoms with E-state index in [4.69, 9.17) is 10.2 Å². The molecule has 3 N–H and O–H groups in total. The molecule has 1 atom stereocenters. The standard InChI is InChI=1S/C18H26N4O5/c1-10(23)14-11(2)27-18(15(14)16(19)25)20-17(26)12-8-13(24)22(9-12)7-5-6-21(3)4/h12H,5-9H2,1-4H3,(H2,19,25)(H,20,26). The normalized spacial score (nSPS) is 16.9. The summed E-state index contributed by atoms with van der Waals surface area (Å²) >= 11 is 0. The molecule has 9 heteroatoms. The van der Waals surface area contributed by atoms with E-state index in [9.17, 15) is 19.2 Å². The van der Waals surface area contributed by atoms with Crippen molar-refractivity contribution in [3.8, 4) is 0 Å². The number of aryl methyl sites for hydroxylation is 1. The Balaban J connectivity index is 2.08. The molecular weight excluding hydrogens is 352 g/mol. The van der Waals surface area contributed by atoms with Crippen LogP contribution in [0.2, 0.25) is 0 Å². The summed E-state index contributed by atoms with van der Waals surface area (Å²) in [4.78, 5) is 51.9. The lowest BCUT2D eigenvalue weighted by molar-refractivity contribution is -0.128. The van der Waals surface area contributed by atoms with Crippen molar-refractivity contribution in [2.24, 2.45) is 11.7 Å². The summed E-state index contributed by atoms with van der Waals surface area (Å²) in [6.45, 7) is 4.55. The van der Waals surface area contributed by atoms with E-state index in [1.54, 1.807) is 4.90 Å². The Labute approximate surface area is 157 Å². The molecule has 1 aliphatic heterocycles. The number of nitrogens with one attached hydrogen (secondary N) is 1. The fourth-order valence-electron chi connectivity index (χ4n) is 3.25. The van der Waals surface area contributed by atoms with Crippen molar-refractivity contribution in [1.82, 2.24) is 9.80 Å². The minimum Gasteiger partial charge on any atom is -0.444 e. The maximum Gasteiger partial charge on any atom is 0.255 e. The quantitative estimate of drug-likeness (QED) is 0.639. The molecule has 0 bridgehead atoms. The van der Waals surface area contributed by atoms with E-state index in [-0.39, 0.29) is 40.9 Å². The van der Waals surface area contributed by atoms with Crippen molar-refractivity contribution in [1.29, 1.82) is 0 Å². The molecule has 27 heavy (non-hydrogen) atoms. The highest BCUT2D eigenvalue weighted by atomic mass is 16.4. The highest BCUT2D eigenvalue weighted by molar-refractivity contribution is 6.12. The molecule has 9 nitrogen and oxygen atoms in total. The molecule has 0 aliphatic carbocycles. The molecular formula is C18H26N4O5. The molecule has 1 unspecified atom stereocenters. The molecule has 0 spiro atoms. The Morgan fingerprint density at radius 3 is 2.52 bits per heavy atom. The lowest BCUT2D eigenvalue weighted by atomic mass is 10.1. The molecule has 0 aromatic carbocycles. The maximum atomic E-state index is 12.6. The number of hydrogen-bond donors (Lipinski definition) is 2. The number of amides is 3. The van der Waals surface area contributed by atoms with Gasteiger partial charge in [-0.3, -0.25) is 24.5 Å². The molecule has 148 valence electrons. The van der Waals surface area contributed by atoms with Crippen LogP contribution in [0.25, 0.3) is 0 Å². The van der Waals surface area contributed by atoms with Crippen LogP contribution in [-0.2, 0) is 9.59 Å². The molecule has 1 aromatic heterocycles. The number of likely N-dealkylation sites (tertiary alicyclic amines) is 1. The van der Waals surface area contributed by atoms with Gasteiger partial charge in [-0.2, -0.15) is 0 Å². The molecule has 1 aliphatic rings. The lowest BCUT2D eigenvalue weighted by Crippen LogP contribution is -2.30. The van der Waals surface area contributed by atoms with Gasteiger partial charge < -0.3 is 20.0 Å². The van der Waals surface area contributed by atoms with Gasteiger partial charge in [0.1, 0.15) is 11.3 Å². The summed E-state index contributed by atoms with van der Waals surface area (Å²) in [6, 6.07) is 0. The van der Waals surface area contributed by atoms with Crippen LogP contribution in [0, 0.1) is 12.8 Å². The number of hydrogen-bond acceptors (Lipinski definition) is 6. The highest BCUT2D eigenvalue weighted by Crippen LogP contribution is 2.28. The SMILES string of the molecule is CC(=O)c1c(C)oc(NC(=O)C2CC(=O)N(CCCN(C)C)C2)c1C(N)=O. The summed E-state index contributed by atoms with van der Waals surface area (Å²) in [5.41, 5.74) is 5.27. The molecule has 2 rings (SSSR count). The number of primary amides is 1. The number of carbonyl (C=O) groups is 4. The zero-order chi connectivity index (χ0) is 20.3. The van der Waals surface area contributed by atoms with Gasteiger partial charge in [0.15, 0.2) is 5.78 Å². The Kier molecular flexibility index (Phi) is 6.37. The van der Waals surface area contributed by atoms with E-state index in [1.807, 2.05) is 19.0 Å². The molecule has 1 saturated heterocycles. The van der Waals surface area contributed by atoms with Crippen LogP contribution in [0.3, 0.4) is 0 Å². The third kappa shape index (κ3) is 4.73. The van der Waals surface area contributed by atoms with Gasteiger partial charge in [-0.05, 0) is 40.9 Å². The number of ketones is 1. The van der Waals surface area contributed by atoms with E-state index in [0.29, 0.717) is 13.1 Å². The van der Waals surface area contributed by atoms with Crippen molar-refractivity contribution in [2.75, 3.05) is 39.0 Å². The topological polar surface area (TPSA) is 126 Å². The second-order valence-corrected chi connectivity index (χ2v) is 7.04. The van der Waals surface area contributed by atoms with Gasteiger partial charge in [0, 0.05) is 19.5 Å². The Bertz CT molecular complexity index is 768. The average molecular weight is 378 g/mol. The molecule has 3 amide bonds. The zero-order valence-electron chi connectivity index (χ0n) is 16.1. The van der Waals surface area contributed by atoms with E-state index < -0.39 is 17.7 Å². The largest absolute Gasteiger partial charge is 0.444 e. The molecule has 2 heterocycles. The smallest absolute Gasteiger partial charge is 0.255 e. The van der Waals surface area contributed by atoms with Crippen molar-refractivity contribution >= 4 is 29.4 Å². The zero-order valence-corrected chi connectivity index (χ0v) is 16.1. The van der Waals surface area contributed by atoms with Gasteiger partial charge in [-0.25, -0.2) is 0 Å². The summed E-state index contributed by atoms with van der Waals surface area (Å²) < 4.78 is 5.39. The first-order valence-corrected chi connectivity index (χ1v) is 8.79. The third-order valence-electron chi connectivity index (χ3n) is 4.54. The Morgan fingerprint density at radius 1 is 1.30 bits per heavy atom. The first-order chi connectivity index (χ1) is 12.6. The summed E-state index contributed by atoms with van der Waals surface area (Å²) in [6.07, 6.45) is 0.914. The summed E-state index contributed by atoms with van der Waals surface area (Å²) in [5, 5.41) is 2.52. The van der Waals surface area contributed by atoms with Gasteiger partial charge in [-0.1, -0.05) is 0 Å². The first-order valence-electron chi connectivity index (χ1n) is 8.79.